The van der Waals surface area contributed by atoms with E-state index in [4.69, 9.17) is 11.6 Å². The van der Waals surface area contributed by atoms with Gasteiger partial charge in [-0.25, -0.2) is 4.98 Å². The maximum Gasteiger partial charge on any atom is 0.269 e. The summed E-state index contributed by atoms with van der Waals surface area (Å²) < 4.78 is 0. The standard InChI is InChI=1S/C10H11ClN2O/c11-8-9(12-6-13-10(8)14)7-4-2-1-3-5-7/h1-2,6-7H,3-5H2,(H,12,13,14). The van der Waals surface area contributed by atoms with Gasteiger partial charge in [0.1, 0.15) is 5.02 Å². The minimum Gasteiger partial charge on any atom is -0.312 e. The molecule has 0 aromatic carbocycles. The first-order valence-corrected chi connectivity index (χ1v) is 5.05. The normalized spacial score (nSPS) is 21.1. The Balaban J connectivity index is 2.36. The average molecular weight is 211 g/mol. The van der Waals surface area contributed by atoms with Gasteiger partial charge in [0.05, 0.1) is 12.0 Å². The minimum atomic E-state index is -0.244. The number of hydrogen-bond acceptors (Lipinski definition) is 2. The van der Waals surface area contributed by atoms with Crippen molar-refractivity contribution in [2.24, 2.45) is 0 Å². The van der Waals surface area contributed by atoms with Gasteiger partial charge in [-0.1, -0.05) is 23.8 Å². The van der Waals surface area contributed by atoms with Crippen LogP contribution < -0.4 is 5.56 Å². The van der Waals surface area contributed by atoms with Crippen LogP contribution in [0.4, 0.5) is 0 Å². The van der Waals surface area contributed by atoms with Crippen LogP contribution in [0.25, 0.3) is 0 Å². The summed E-state index contributed by atoms with van der Waals surface area (Å²) in [5.41, 5.74) is 0.492. The topological polar surface area (TPSA) is 45.8 Å². The molecule has 2 rings (SSSR count). The first-order chi connectivity index (χ1) is 6.79. The van der Waals surface area contributed by atoms with Gasteiger partial charge in [0.15, 0.2) is 0 Å². The summed E-state index contributed by atoms with van der Waals surface area (Å²) in [6.45, 7) is 0. The molecular weight excluding hydrogens is 200 g/mol. The Labute approximate surface area is 86.8 Å². The van der Waals surface area contributed by atoms with Crippen LogP contribution >= 0.6 is 11.6 Å². The fourth-order valence-corrected chi connectivity index (χ4v) is 1.98. The Hall–Kier alpha value is -1.09. The number of nitrogens with zero attached hydrogens (tertiary/aromatic N) is 1. The molecule has 4 heteroatoms. The number of nitrogens with one attached hydrogen (secondary N) is 1. The van der Waals surface area contributed by atoms with E-state index >= 15 is 0 Å². The van der Waals surface area contributed by atoms with E-state index in [1.807, 2.05) is 0 Å². The van der Waals surface area contributed by atoms with Gasteiger partial charge in [0.25, 0.3) is 5.56 Å². The van der Waals surface area contributed by atoms with E-state index in [0.29, 0.717) is 5.92 Å². The highest BCUT2D eigenvalue weighted by Gasteiger charge is 2.18. The average Bonchev–Trinajstić information content (AvgIpc) is 2.23. The van der Waals surface area contributed by atoms with E-state index < -0.39 is 0 Å². The molecule has 0 aliphatic heterocycles. The predicted molar refractivity (Wildman–Crippen MR) is 55.6 cm³/mol. The number of rotatable bonds is 1. The van der Waals surface area contributed by atoms with Crippen molar-refractivity contribution in [2.75, 3.05) is 0 Å². The molecule has 1 atom stereocenters. The van der Waals surface area contributed by atoms with Crippen LogP contribution in [-0.4, -0.2) is 9.97 Å². The van der Waals surface area contributed by atoms with Gasteiger partial charge in [0, 0.05) is 5.92 Å². The van der Waals surface area contributed by atoms with Crippen LogP contribution in [-0.2, 0) is 0 Å². The Kier molecular flexibility index (Phi) is 2.68. The molecule has 1 unspecified atom stereocenters. The van der Waals surface area contributed by atoms with Crippen molar-refractivity contribution in [1.29, 1.82) is 0 Å². The fraction of sp³-hybridized carbons (Fsp3) is 0.400. The summed E-state index contributed by atoms with van der Waals surface area (Å²) in [7, 11) is 0. The van der Waals surface area contributed by atoms with Crippen molar-refractivity contribution in [3.8, 4) is 0 Å². The highest BCUT2D eigenvalue weighted by atomic mass is 35.5. The molecule has 1 N–H and O–H groups in total. The Morgan fingerprint density at radius 1 is 1.50 bits per heavy atom. The number of allylic oxidation sites excluding steroid dienone is 2. The third kappa shape index (κ3) is 1.73. The minimum absolute atomic E-state index is 0.243. The van der Waals surface area contributed by atoms with Crippen LogP contribution in [0.5, 0.6) is 0 Å². The lowest BCUT2D eigenvalue weighted by molar-refractivity contribution is 0.598. The quantitative estimate of drug-likeness (QED) is 0.723. The molecule has 14 heavy (non-hydrogen) atoms. The number of halogens is 1. The van der Waals surface area contributed by atoms with Crippen LogP contribution in [0.2, 0.25) is 5.02 Å². The van der Waals surface area contributed by atoms with Crippen LogP contribution in [0.1, 0.15) is 30.9 Å². The third-order valence-electron chi connectivity index (χ3n) is 2.48. The van der Waals surface area contributed by atoms with Crippen molar-refractivity contribution in [3.05, 3.63) is 39.5 Å². The zero-order valence-corrected chi connectivity index (χ0v) is 8.42. The molecule has 1 aliphatic carbocycles. The van der Waals surface area contributed by atoms with Gasteiger partial charge < -0.3 is 4.98 Å². The Morgan fingerprint density at radius 3 is 3.07 bits per heavy atom. The number of aromatic nitrogens is 2. The predicted octanol–water partition coefficient (Wildman–Crippen LogP) is 2.25. The molecular formula is C10H11ClN2O. The molecule has 1 aromatic rings. The van der Waals surface area contributed by atoms with Gasteiger partial charge in [0.2, 0.25) is 0 Å². The second kappa shape index (κ2) is 3.96. The van der Waals surface area contributed by atoms with Crippen molar-refractivity contribution < 1.29 is 0 Å². The van der Waals surface area contributed by atoms with Crippen molar-refractivity contribution in [2.45, 2.75) is 25.2 Å². The Bertz CT molecular complexity index is 411. The molecule has 3 nitrogen and oxygen atoms in total. The van der Waals surface area contributed by atoms with Gasteiger partial charge >= 0.3 is 0 Å². The fourth-order valence-electron chi connectivity index (χ4n) is 1.72. The molecule has 0 amide bonds. The van der Waals surface area contributed by atoms with Crippen LogP contribution in [0, 0.1) is 0 Å². The molecule has 0 saturated heterocycles. The zero-order chi connectivity index (χ0) is 9.97. The third-order valence-corrected chi connectivity index (χ3v) is 2.84. The van der Waals surface area contributed by atoms with E-state index in [2.05, 4.69) is 22.1 Å². The van der Waals surface area contributed by atoms with Gasteiger partial charge in [-0.3, -0.25) is 4.79 Å². The van der Waals surface area contributed by atoms with E-state index in [0.717, 1.165) is 25.0 Å². The molecule has 0 fully saturated rings. The highest BCUT2D eigenvalue weighted by Crippen LogP contribution is 2.30. The number of H-pyrrole nitrogens is 1. The second-order valence-corrected chi connectivity index (χ2v) is 3.79. The lowest BCUT2D eigenvalue weighted by atomic mass is 9.91. The zero-order valence-electron chi connectivity index (χ0n) is 7.66. The largest absolute Gasteiger partial charge is 0.312 e. The molecule has 0 spiro atoms. The summed E-state index contributed by atoms with van der Waals surface area (Å²) in [4.78, 5) is 17.8. The molecule has 0 bridgehead atoms. The molecule has 74 valence electrons. The summed E-state index contributed by atoms with van der Waals surface area (Å²) in [5, 5.41) is 0.243. The monoisotopic (exact) mass is 210 g/mol. The molecule has 0 saturated carbocycles. The summed E-state index contributed by atoms with van der Waals surface area (Å²) in [6, 6.07) is 0. The maximum atomic E-state index is 11.2. The van der Waals surface area contributed by atoms with Crippen molar-refractivity contribution >= 4 is 11.6 Å². The second-order valence-electron chi connectivity index (χ2n) is 3.41. The van der Waals surface area contributed by atoms with Crippen LogP contribution in [0.15, 0.2) is 23.3 Å². The SMILES string of the molecule is O=c1[nH]cnc(C2CC=CCC2)c1Cl. The Morgan fingerprint density at radius 2 is 2.36 bits per heavy atom. The van der Waals surface area contributed by atoms with Crippen molar-refractivity contribution in [3.63, 3.8) is 0 Å². The van der Waals surface area contributed by atoms with Gasteiger partial charge in [-0.2, -0.15) is 0 Å². The van der Waals surface area contributed by atoms with E-state index in [9.17, 15) is 4.79 Å². The van der Waals surface area contributed by atoms with Gasteiger partial charge in [-0.15, -0.1) is 0 Å². The van der Waals surface area contributed by atoms with Crippen LogP contribution in [0.3, 0.4) is 0 Å². The lowest BCUT2D eigenvalue weighted by Gasteiger charge is -2.17. The van der Waals surface area contributed by atoms with E-state index in [1.54, 1.807) is 0 Å². The summed E-state index contributed by atoms with van der Waals surface area (Å²) in [6.07, 6.45) is 8.67. The molecule has 1 aliphatic rings. The van der Waals surface area contributed by atoms with E-state index in [1.165, 1.54) is 6.33 Å². The molecule has 0 radical (unpaired) electrons. The lowest BCUT2D eigenvalue weighted by Crippen LogP contribution is -2.13. The summed E-state index contributed by atoms with van der Waals surface area (Å²) >= 11 is 5.90. The molecule has 1 aromatic heterocycles. The number of aromatic amines is 1. The molecule has 1 heterocycles. The highest BCUT2D eigenvalue weighted by molar-refractivity contribution is 6.31. The first kappa shape index (κ1) is 9.46. The van der Waals surface area contributed by atoms with Crippen molar-refractivity contribution in [1.82, 2.24) is 9.97 Å². The maximum absolute atomic E-state index is 11.2. The number of hydrogen-bond donors (Lipinski definition) is 1. The van der Waals surface area contributed by atoms with Gasteiger partial charge in [-0.05, 0) is 19.3 Å². The summed E-state index contributed by atoms with van der Waals surface area (Å²) in [5.74, 6) is 0.301. The first-order valence-electron chi connectivity index (χ1n) is 4.67. The van der Waals surface area contributed by atoms with E-state index in [-0.39, 0.29) is 10.6 Å². The smallest absolute Gasteiger partial charge is 0.269 e.